The first-order chi connectivity index (χ1) is 11.6. The van der Waals surface area contributed by atoms with Crippen LogP contribution in [-0.4, -0.2) is 28.2 Å². The fourth-order valence-electron chi connectivity index (χ4n) is 3.03. The van der Waals surface area contributed by atoms with Gasteiger partial charge in [-0.25, -0.2) is 9.78 Å². The number of carbonyl (C=O) groups is 1. The molecule has 0 radical (unpaired) electrons. The molecule has 1 aliphatic rings. The van der Waals surface area contributed by atoms with Crippen molar-refractivity contribution in [2.24, 2.45) is 7.05 Å². The lowest BCUT2D eigenvalue weighted by Gasteiger charge is -2.30. The molecule has 0 spiro atoms. The Morgan fingerprint density at radius 1 is 1.42 bits per heavy atom. The molecule has 1 fully saturated rings. The highest BCUT2D eigenvalue weighted by molar-refractivity contribution is 5.74. The standard InChI is InChI=1S/C18H24N4O2/c1-13-5-3-4-6-14(13)10-20-18(23)21-15-7-8-24-17(9-15)16-11-19-12-22(16)2/h3-6,11-12,15,17H,7-10H2,1-2H3,(H2,20,21,23)/t15-,17+/m0/s1. The second kappa shape index (κ2) is 7.49. The summed E-state index contributed by atoms with van der Waals surface area (Å²) in [6.07, 6.45) is 5.16. The molecule has 2 amide bonds. The van der Waals surface area contributed by atoms with E-state index in [-0.39, 0.29) is 18.2 Å². The summed E-state index contributed by atoms with van der Waals surface area (Å²) < 4.78 is 7.79. The number of imidazole rings is 1. The Morgan fingerprint density at radius 3 is 3.00 bits per heavy atom. The molecule has 2 atom stereocenters. The smallest absolute Gasteiger partial charge is 0.315 e. The van der Waals surface area contributed by atoms with Gasteiger partial charge in [0.2, 0.25) is 0 Å². The van der Waals surface area contributed by atoms with E-state index >= 15 is 0 Å². The Labute approximate surface area is 142 Å². The van der Waals surface area contributed by atoms with Gasteiger partial charge in [0.1, 0.15) is 6.10 Å². The predicted octanol–water partition coefficient (Wildman–Crippen LogP) is 2.45. The van der Waals surface area contributed by atoms with E-state index in [0.717, 1.165) is 24.1 Å². The highest BCUT2D eigenvalue weighted by atomic mass is 16.5. The topological polar surface area (TPSA) is 68.2 Å². The lowest BCUT2D eigenvalue weighted by atomic mass is 10.0. The van der Waals surface area contributed by atoms with Gasteiger partial charge in [-0.2, -0.15) is 0 Å². The van der Waals surface area contributed by atoms with Gasteiger partial charge >= 0.3 is 6.03 Å². The van der Waals surface area contributed by atoms with Crippen LogP contribution in [0.15, 0.2) is 36.8 Å². The lowest BCUT2D eigenvalue weighted by molar-refractivity contribution is -0.00178. The highest BCUT2D eigenvalue weighted by Gasteiger charge is 2.26. The number of hydrogen-bond acceptors (Lipinski definition) is 3. The number of ether oxygens (including phenoxy) is 1. The summed E-state index contributed by atoms with van der Waals surface area (Å²) in [7, 11) is 1.96. The molecular formula is C18H24N4O2. The number of nitrogens with one attached hydrogen (secondary N) is 2. The van der Waals surface area contributed by atoms with Crippen LogP contribution in [0.2, 0.25) is 0 Å². The van der Waals surface area contributed by atoms with Gasteiger partial charge in [-0.1, -0.05) is 24.3 Å². The molecular weight excluding hydrogens is 304 g/mol. The number of aromatic nitrogens is 2. The van der Waals surface area contributed by atoms with Crippen LogP contribution < -0.4 is 10.6 Å². The summed E-state index contributed by atoms with van der Waals surface area (Å²) in [4.78, 5) is 16.3. The van der Waals surface area contributed by atoms with Gasteiger partial charge in [-0.15, -0.1) is 0 Å². The number of hydrogen-bond donors (Lipinski definition) is 2. The van der Waals surface area contributed by atoms with Crippen LogP contribution >= 0.6 is 0 Å². The minimum Gasteiger partial charge on any atom is -0.372 e. The van der Waals surface area contributed by atoms with E-state index in [1.807, 2.05) is 49.0 Å². The Kier molecular flexibility index (Phi) is 5.15. The SMILES string of the molecule is Cc1ccccc1CNC(=O)N[C@H]1CCO[C@@H](c2cncn2C)C1. The summed E-state index contributed by atoms with van der Waals surface area (Å²) >= 11 is 0. The quantitative estimate of drug-likeness (QED) is 0.906. The Bertz CT molecular complexity index is 698. The van der Waals surface area contributed by atoms with Crippen LogP contribution in [0.5, 0.6) is 0 Å². The van der Waals surface area contributed by atoms with Crippen molar-refractivity contribution < 1.29 is 9.53 Å². The van der Waals surface area contributed by atoms with Crippen LogP contribution in [-0.2, 0) is 18.3 Å². The molecule has 0 bridgehead atoms. The molecule has 1 aliphatic heterocycles. The normalized spacial score (nSPS) is 20.6. The lowest BCUT2D eigenvalue weighted by Crippen LogP contribution is -2.44. The van der Waals surface area contributed by atoms with Crippen molar-refractivity contribution in [2.45, 2.75) is 38.5 Å². The average molecular weight is 328 g/mol. The van der Waals surface area contributed by atoms with Crippen molar-refractivity contribution in [2.75, 3.05) is 6.61 Å². The largest absolute Gasteiger partial charge is 0.372 e. The van der Waals surface area contributed by atoms with Gasteiger partial charge in [0.15, 0.2) is 0 Å². The van der Waals surface area contributed by atoms with Crippen molar-refractivity contribution in [1.82, 2.24) is 20.2 Å². The van der Waals surface area contributed by atoms with Crippen molar-refractivity contribution in [1.29, 1.82) is 0 Å². The van der Waals surface area contributed by atoms with Gasteiger partial charge in [0.05, 0.1) is 18.2 Å². The highest BCUT2D eigenvalue weighted by Crippen LogP contribution is 2.27. The fraction of sp³-hybridized carbons (Fsp3) is 0.444. The summed E-state index contributed by atoms with van der Waals surface area (Å²) in [5.74, 6) is 0. The van der Waals surface area contributed by atoms with Crippen molar-refractivity contribution >= 4 is 6.03 Å². The number of carbonyl (C=O) groups excluding carboxylic acids is 1. The Hall–Kier alpha value is -2.34. The molecule has 2 N–H and O–H groups in total. The van der Waals surface area contributed by atoms with Crippen molar-refractivity contribution in [3.8, 4) is 0 Å². The molecule has 6 heteroatoms. The van der Waals surface area contributed by atoms with Crippen molar-refractivity contribution in [3.63, 3.8) is 0 Å². The van der Waals surface area contributed by atoms with Crippen LogP contribution in [0.1, 0.15) is 35.8 Å². The Morgan fingerprint density at radius 2 is 2.25 bits per heavy atom. The molecule has 0 aliphatic carbocycles. The molecule has 6 nitrogen and oxygen atoms in total. The zero-order valence-corrected chi connectivity index (χ0v) is 14.2. The van der Waals surface area contributed by atoms with Crippen molar-refractivity contribution in [3.05, 3.63) is 53.6 Å². The average Bonchev–Trinajstić information content (AvgIpc) is 3.00. The second-order valence-corrected chi connectivity index (χ2v) is 6.26. The third-order valence-electron chi connectivity index (χ3n) is 4.50. The molecule has 24 heavy (non-hydrogen) atoms. The number of nitrogens with zero attached hydrogens (tertiary/aromatic N) is 2. The third-order valence-corrected chi connectivity index (χ3v) is 4.50. The maximum absolute atomic E-state index is 12.2. The second-order valence-electron chi connectivity index (χ2n) is 6.26. The molecule has 3 rings (SSSR count). The van der Waals surface area contributed by atoms with E-state index in [0.29, 0.717) is 13.2 Å². The monoisotopic (exact) mass is 328 g/mol. The maximum atomic E-state index is 12.2. The summed E-state index contributed by atoms with van der Waals surface area (Å²) in [5.41, 5.74) is 3.36. The summed E-state index contributed by atoms with van der Waals surface area (Å²) in [6, 6.07) is 8.04. The van der Waals surface area contributed by atoms with E-state index in [1.165, 1.54) is 5.56 Å². The predicted molar refractivity (Wildman–Crippen MR) is 91.5 cm³/mol. The first-order valence-corrected chi connectivity index (χ1v) is 8.30. The van der Waals surface area contributed by atoms with E-state index in [4.69, 9.17) is 4.74 Å². The zero-order valence-electron chi connectivity index (χ0n) is 14.2. The molecule has 1 aromatic heterocycles. The molecule has 0 unspecified atom stereocenters. The van der Waals surface area contributed by atoms with E-state index in [9.17, 15) is 4.79 Å². The third kappa shape index (κ3) is 3.94. The number of aryl methyl sites for hydroxylation is 2. The first kappa shape index (κ1) is 16.5. The van der Waals surface area contributed by atoms with E-state index in [2.05, 4.69) is 15.6 Å². The summed E-state index contributed by atoms with van der Waals surface area (Å²) in [5, 5.41) is 6.00. The molecule has 2 aromatic rings. The molecule has 1 aromatic carbocycles. The minimum absolute atomic E-state index is 0.0204. The van der Waals surface area contributed by atoms with Gasteiger partial charge in [-0.05, 0) is 30.9 Å². The van der Waals surface area contributed by atoms with E-state index < -0.39 is 0 Å². The number of benzene rings is 1. The Balaban J connectivity index is 1.51. The van der Waals surface area contributed by atoms with Gasteiger partial charge in [0, 0.05) is 26.2 Å². The maximum Gasteiger partial charge on any atom is 0.315 e. The van der Waals surface area contributed by atoms with Crippen LogP contribution in [0, 0.1) is 6.92 Å². The fourth-order valence-corrected chi connectivity index (χ4v) is 3.03. The molecule has 128 valence electrons. The molecule has 2 heterocycles. The number of amides is 2. The van der Waals surface area contributed by atoms with Crippen LogP contribution in [0.3, 0.4) is 0 Å². The van der Waals surface area contributed by atoms with Gasteiger partial charge < -0.3 is 19.9 Å². The number of rotatable bonds is 4. The van der Waals surface area contributed by atoms with Crippen LogP contribution in [0.25, 0.3) is 0 Å². The first-order valence-electron chi connectivity index (χ1n) is 8.30. The molecule has 0 saturated carbocycles. The van der Waals surface area contributed by atoms with Crippen LogP contribution in [0.4, 0.5) is 4.79 Å². The molecule has 1 saturated heterocycles. The minimum atomic E-state index is -0.131. The summed E-state index contributed by atoms with van der Waals surface area (Å²) in [6.45, 7) is 3.22. The van der Waals surface area contributed by atoms with Gasteiger partial charge in [0.25, 0.3) is 0 Å². The zero-order chi connectivity index (χ0) is 16.9. The van der Waals surface area contributed by atoms with E-state index in [1.54, 1.807) is 6.33 Å². The van der Waals surface area contributed by atoms with Gasteiger partial charge in [-0.3, -0.25) is 0 Å². The number of urea groups is 1.